The molecular weight excluding hydrogens is 187 g/mol. The molecule has 0 unspecified atom stereocenters. The van der Waals surface area contributed by atoms with E-state index < -0.39 is 24.8 Å². The summed E-state index contributed by atoms with van der Waals surface area (Å²) in [5, 5.41) is 8.62. The molecule has 1 N–H and O–H groups in total. The summed E-state index contributed by atoms with van der Waals surface area (Å²) in [6.45, 7) is -3.73. The van der Waals surface area contributed by atoms with Gasteiger partial charge < -0.3 is 9.84 Å². The lowest BCUT2D eigenvalue weighted by Gasteiger charge is -2.08. The highest BCUT2D eigenvalue weighted by molar-refractivity contribution is 5.31. The number of alkyl halides is 2. The van der Waals surface area contributed by atoms with Gasteiger partial charge in [-0.15, -0.1) is 0 Å². The molecule has 0 aliphatic carbocycles. The molecule has 0 aliphatic heterocycles. The van der Waals surface area contributed by atoms with Crippen molar-refractivity contribution in [1.29, 1.82) is 0 Å². The van der Waals surface area contributed by atoms with E-state index in [9.17, 15) is 13.2 Å². The number of aliphatic hydroxyl groups excluding tert-OH is 1. The van der Waals surface area contributed by atoms with Crippen LogP contribution >= 0.6 is 0 Å². The average Bonchev–Trinajstić information content (AvgIpc) is 2.08. The van der Waals surface area contributed by atoms with Crippen molar-refractivity contribution in [2.24, 2.45) is 0 Å². The van der Waals surface area contributed by atoms with Gasteiger partial charge in [0, 0.05) is 11.8 Å². The Kier molecular flexibility index (Phi) is 3.07. The van der Waals surface area contributed by atoms with Gasteiger partial charge >= 0.3 is 6.61 Å². The highest BCUT2D eigenvalue weighted by atomic mass is 19.3. The number of aliphatic hydroxyl groups is 1. The predicted octanol–water partition coefficient (Wildman–Crippen LogP) is 1.31. The van der Waals surface area contributed by atoms with Crippen LogP contribution in [0.15, 0.2) is 12.4 Å². The van der Waals surface area contributed by atoms with Crippen molar-refractivity contribution in [2.45, 2.75) is 13.2 Å². The van der Waals surface area contributed by atoms with E-state index in [0.717, 1.165) is 12.4 Å². The molecule has 6 heteroatoms. The first-order chi connectivity index (χ1) is 6.15. The maximum absolute atomic E-state index is 12.8. The van der Waals surface area contributed by atoms with Crippen LogP contribution in [0.25, 0.3) is 0 Å². The van der Waals surface area contributed by atoms with Gasteiger partial charge in [0.2, 0.25) is 0 Å². The average molecular weight is 193 g/mol. The Morgan fingerprint density at radius 3 is 2.69 bits per heavy atom. The third kappa shape index (κ3) is 2.32. The summed E-state index contributed by atoms with van der Waals surface area (Å²) in [5.41, 5.74) is -0.111. The number of hydrogen-bond acceptors (Lipinski definition) is 3. The first-order valence-electron chi connectivity index (χ1n) is 3.33. The molecule has 1 aromatic heterocycles. The Labute approximate surface area is 71.8 Å². The van der Waals surface area contributed by atoms with Crippen molar-refractivity contribution in [2.75, 3.05) is 0 Å². The number of aromatic nitrogens is 1. The molecule has 0 spiro atoms. The lowest BCUT2D eigenvalue weighted by molar-refractivity contribution is -0.0534. The van der Waals surface area contributed by atoms with Gasteiger partial charge in [0.25, 0.3) is 0 Å². The van der Waals surface area contributed by atoms with Crippen molar-refractivity contribution in [3.8, 4) is 5.75 Å². The number of halogens is 3. The second-order valence-corrected chi connectivity index (χ2v) is 2.15. The van der Waals surface area contributed by atoms with E-state index in [1.54, 1.807) is 0 Å². The molecule has 72 valence electrons. The van der Waals surface area contributed by atoms with Crippen LogP contribution in [-0.2, 0) is 6.61 Å². The van der Waals surface area contributed by atoms with Crippen LogP contribution in [-0.4, -0.2) is 16.7 Å². The minimum Gasteiger partial charge on any atom is -0.431 e. The quantitative estimate of drug-likeness (QED) is 0.787. The fraction of sp³-hybridized carbons (Fsp3) is 0.286. The molecule has 0 fully saturated rings. The molecule has 1 rings (SSSR count). The summed E-state index contributed by atoms with van der Waals surface area (Å²) in [7, 11) is 0. The molecule has 1 aromatic rings. The highest BCUT2D eigenvalue weighted by Gasteiger charge is 2.14. The first-order valence-corrected chi connectivity index (χ1v) is 3.33. The normalized spacial score (nSPS) is 10.5. The topological polar surface area (TPSA) is 42.4 Å². The number of hydrogen-bond donors (Lipinski definition) is 1. The van der Waals surface area contributed by atoms with Crippen molar-refractivity contribution in [1.82, 2.24) is 4.98 Å². The second-order valence-electron chi connectivity index (χ2n) is 2.15. The first kappa shape index (κ1) is 9.79. The molecule has 13 heavy (non-hydrogen) atoms. The third-order valence-corrected chi connectivity index (χ3v) is 1.30. The van der Waals surface area contributed by atoms with E-state index in [4.69, 9.17) is 5.11 Å². The Balaban J connectivity index is 3.00. The third-order valence-electron chi connectivity index (χ3n) is 1.30. The Bertz CT molecular complexity index is 293. The van der Waals surface area contributed by atoms with E-state index in [0.29, 0.717) is 0 Å². The molecule has 0 saturated carbocycles. The molecule has 3 nitrogen and oxygen atoms in total. The smallest absolute Gasteiger partial charge is 0.387 e. The largest absolute Gasteiger partial charge is 0.431 e. The van der Waals surface area contributed by atoms with E-state index in [-0.39, 0.29) is 5.56 Å². The van der Waals surface area contributed by atoms with E-state index in [1.807, 2.05) is 0 Å². The van der Waals surface area contributed by atoms with Gasteiger partial charge in [0.05, 0.1) is 12.8 Å². The van der Waals surface area contributed by atoms with E-state index >= 15 is 0 Å². The molecule has 1 heterocycles. The van der Waals surface area contributed by atoms with Crippen LogP contribution < -0.4 is 4.74 Å². The molecule has 0 bridgehead atoms. The summed E-state index contributed by atoms with van der Waals surface area (Å²) >= 11 is 0. The van der Waals surface area contributed by atoms with Crippen molar-refractivity contribution in [3.63, 3.8) is 0 Å². The summed E-state index contributed by atoms with van der Waals surface area (Å²) < 4.78 is 40.1. The molecule has 0 radical (unpaired) electrons. The second kappa shape index (κ2) is 4.08. The van der Waals surface area contributed by atoms with Crippen LogP contribution in [0.4, 0.5) is 13.2 Å². The van der Waals surface area contributed by atoms with Gasteiger partial charge in [-0.2, -0.15) is 8.78 Å². The summed E-state index contributed by atoms with van der Waals surface area (Å²) in [6.07, 6.45) is 1.79. The predicted molar refractivity (Wildman–Crippen MR) is 36.7 cm³/mol. The van der Waals surface area contributed by atoms with Crippen molar-refractivity contribution >= 4 is 0 Å². The van der Waals surface area contributed by atoms with E-state index in [1.165, 1.54) is 0 Å². The highest BCUT2D eigenvalue weighted by Crippen LogP contribution is 2.23. The monoisotopic (exact) mass is 193 g/mol. The maximum Gasteiger partial charge on any atom is 0.387 e. The van der Waals surface area contributed by atoms with Gasteiger partial charge in [0.1, 0.15) is 0 Å². The lowest BCUT2D eigenvalue weighted by atomic mass is 10.2. The zero-order valence-electron chi connectivity index (χ0n) is 6.38. The summed E-state index contributed by atoms with van der Waals surface area (Å²) in [6, 6.07) is 0. The molecule has 0 aliphatic rings. The van der Waals surface area contributed by atoms with Crippen LogP contribution in [0.3, 0.4) is 0 Å². The van der Waals surface area contributed by atoms with Crippen LogP contribution in [0.5, 0.6) is 5.75 Å². The van der Waals surface area contributed by atoms with Gasteiger partial charge in [-0.05, 0) is 0 Å². The number of rotatable bonds is 3. The van der Waals surface area contributed by atoms with Gasteiger partial charge in [-0.3, -0.25) is 4.98 Å². The molecular formula is C7H6F3NO2. The van der Waals surface area contributed by atoms with Gasteiger partial charge in [0.15, 0.2) is 11.6 Å². The van der Waals surface area contributed by atoms with Crippen LogP contribution in [0.1, 0.15) is 5.56 Å². The molecule has 0 amide bonds. The Hall–Kier alpha value is -1.30. The molecule has 0 atom stereocenters. The Morgan fingerprint density at radius 2 is 2.15 bits per heavy atom. The van der Waals surface area contributed by atoms with Gasteiger partial charge in [-0.25, -0.2) is 4.39 Å². The standard InChI is InChI=1S/C7H6F3NO2/c8-5-2-11-1-4(3-12)6(5)13-7(9)10/h1-2,7,12H,3H2. The fourth-order valence-electron chi connectivity index (χ4n) is 0.797. The zero-order valence-corrected chi connectivity index (χ0v) is 6.38. The summed E-state index contributed by atoms with van der Waals surface area (Å²) in [5.74, 6) is -1.68. The molecule has 0 saturated heterocycles. The van der Waals surface area contributed by atoms with Crippen molar-refractivity contribution < 1.29 is 23.0 Å². The Morgan fingerprint density at radius 1 is 1.46 bits per heavy atom. The van der Waals surface area contributed by atoms with E-state index in [2.05, 4.69) is 9.72 Å². The lowest BCUT2D eigenvalue weighted by Crippen LogP contribution is -2.07. The fourth-order valence-corrected chi connectivity index (χ4v) is 0.797. The van der Waals surface area contributed by atoms with Crippen LogP contribution in [0, 0.1) is 5.82 Å². The maximum atomic E-state index is 12.8. The number of pyridine rings is 1. The summed E-state index contributed by atoms with van der Waals surface area (Å²) in [4.78, 5) is 3.36. The SMILES string of the molecule is OCc1cncc(F)c1OC(F)F. The molecule has 0 aromatic carbocycles. The van der Waals surface area contributed by atoms with Gasteiger partial charge in [-0.1, -0.05) is 0 Å². The zero-order chi connectivity index (χ0) is 9.84. The van der Waals surface area contributed by atoms with Crippen molar-refractivity contribution in [3.05, 3.63) is 23.8 Å². The number of nitrogens with zero attached hydrogens (tertiary/aromatic N) is 1. The minimum atomic E-state index is -3.12. The van der Waals surface area contributed by atoms with Crippen LogP contribution in [0.2, 0.25) is 0 Å². The number of ether oxygens (including phenoxy) is 1. The minimum absolute atomic E-state index is 0.111.